The van der Waals surface area contributed by atoms with E-state index in [1.165, 1.54) is 0 Å². The summed E-state index contributed by atoms with van der Waals surface area (Å²) in [6, 6.07) is 49.5. The summed E-state index contributed by atoms with van der Waals surface area (Å²) >= 11 is 0. The molecular weight excluding hydrogens is 631 g/mol. The first-order valence-electron chi connectivity index (χ1n) is 17.0. The number of likely N-dealkylation sites (N-methyl/N-ethyl adjacent to an activating group) is 1. The second kappa shape index (κ2) is 13.5. The van der Waals surface area contributed by atoms with Crippen molar-refractivity contribution in [2.24, 2.45) is 0 Å². The number of nitrogens with one attached hydrogen (secondary N) is 2. The topological polar surface area (TPSA) is 91.7 Å². The molecule has 3 aromatic heterocycles. The molecule has 0 aliphatic rings. The van der Waals surface area contributed by atoms with Crippen molar-refractivity contribution in [2.45, 2.75) is 11.6 Å². The van der Waals surface area contributed by atoms with Crippen LogP contribution in [0.4, 0.5) is 0 Å². The molecule has 250 valence electrons. The van der Waals surface area contributed by atoms with Gasteiger partial charge in [0, 0.05) is 29.9 Å². The molecule has 3 heterocycles. The second-order valence-corrected chi connectivity index (χ2v) is 13.0. The van der Waals surface area contributed by atoms with Gasteiger partial charge in [0.2, 0.25) is 5.82 Å². The quantitative estimate of drug-likeness (QED) is 0.145. The Morgan fingerprint density at radius 3 is 1.76 bits per heavy atom. The highest BCUT2D eigenvalue weighted by molar-refractivity contribution is 6.03. The average molecular weight is 668 g/mol. The average Bonchev–Trinajstić information content (AvgIpc) is 3.77. The fraction of sp³-hybridized carbons (Fsp3) is 0.116. The second-order valence-electron chi connectivity index (χ2n) is 13.0. The zero-order valence-electron chi connectivity index (χ0n) is 28.4. The minimum Gasteiger partial charge on any atom is -0.341 e. The highest BCUT2D eigenvalue weighted by atomic mass is 16.2. The Labute approximate surface area is 296 Å². The van der Waals surface area contributed by atoms with Gasteiger partial charge in [0.05, 0.1) is 28.3 Å². The van der Waals surface area contributed by atoms with Crippen LogP contribution in [0, 0.1) is 0 Å². The lowest BCUT2D eigenvalue weighted by atomic mass is 9.77. The number of carbonyl (C=O) groups excluding carboxylic acids is 1. The molecule has 0 saturated heterocycles. The van der Waals surface area contributed by atoms with Gasteiger partial charge >= 0.3 is 0 Å². The molecule has 2 N–H and O–H groups in total. The Balaban J connectivity index is 1.36. The van der Waals surface area contributed by atoms with Gasteiger partial charge in [0.1, 0.15) is 5.54 Å². The zero-order valence-corrected chi connectivity index (χ0v) is 28.4. The van der Waals surface area contributed by atoms with Crippen LogP contribution in [0.15, 0.2) is 158 Å². The van der Waals surface area contributed by atoms with E-state index < -0.39 is 5.54 Å². The molecule has 8 heteroatoms. The summed E-state index contributed by atoms with van der Waals surface area (Å²) in [5.41, 5.74) is 7.52. The summed E-state index contributed by atoms with van der Waals surface area (Å²) in [5, 5.41) is 7.99. The maximum absolute atomic E-state index is 13.8. The Kier molecular flexibility index (Phi) is 8.43. The molecule has 0 saturated carbocycles. The number of carbonyl (C=O) groups is 1. The van der Waals surface area contributed by atoms with E-state index in [4.69, 9.17) is 9.97 Å². The van der Waals surface area contributed by atoms with E-state index in [0.29, 0.717) is 17.6 Å². The molecule has 1 amide bonds. The zero-order chi connectivity index (χ0) is 34.8. The van der Waals surface area contributed by atoms with Crippen molar-refractivity contribution in [2.75, 3.05) is 20.6 Å². The van der Waals surface area contributed by atoms with Gasteiger partial charge in [0.15, 0.2) is 0 Å². The van der Waals surface area contributed by atoms with E-state index in [9.17, 15) is 4.79 Å². The van der Waals surface area contributed by atoms with E-state index >= 15 is 0 Å². The van der Waals surface area contributed by atoms with Gasteiger partial charge in [-0.1, -0.05) is 121 Å². The van der Waals surface area contributed by atoms with Crippen LogP contribution in [-0.4, -0.2) is 56.2 Å². The van der Waals surface area contributed by atoms with Crippen molar-refractivity contribution in [1.29, 1.82) is 0 Å². The number of pyridine rings is 1. The fourth-order valence-electron chi connectivity index (χ4n) is 7.15. The predicted octanol–water partition coefficient (Wildman–Crippen LogP) is 7.85. The molecule has 0 aliphatic heterocycles. The minimum atomic E-state index is -0.809. The summed E-state index contributed by atoms with van der Waals surface area (Å²) in [5.74, 6) is -0.179. The lowest BCUT2D eigenvalue weighted by Crippen LogP contribution is -2.38. The van der Waals surface area contributed by atoms with Crippen molar-refractivity contribution >= 4 is 27.8 Å². The predicted molar refractivity (Wildman–Crippen MR) is 202 cm³/mol. The molecule has 8 nitrogen and oxygen atoms in total. The molecule has 0 bridgehead atoms. The van der Waals surface area contributed by atoms with Crippen molar-refractivity contribution in [3.8, 4) is 11.3 Å². The van der Waals surface area contributed by atoms with Gasteiger partial charge in [-0.15, -0.1) is 0 Å². The number of H-pyrrole nitrogens is 1. The molecule has 8 aromatic rings. The van der Waals surface area contributed by atoms with Gasteiger partial charge in [-0.05, 0) is 60.6 Å². The minimum absolute atomic E-state index is 0.138. The summed E-state index contributed by atoms with van der Waals surface area (Å²) in [6.07, 6.45) is 3.59. The first kappa shape index (κ1) is 31.9. The van der Waals surface area contributed by atoms with Gasteiger partial charge in [0.25, 0.3) is 5.91 Å². The third-order valence-electron chi connectivity index (χ3n) is 9.42. The Bertz CT molecular complexity index is 2310. The molecule has 0 aliphatic carbocycles. The number of amides is 1. The third kappa shape index (κ3) is 5.85. The van der Waals surface area contributed by atoms with E-state index in [0.717, 1.165) is 44.4 Å². The lowest BCUT2D eigenvalue weighted by molar-refractivity contribution is 0.0920. The van der Waals surface area contributed by atoms with Crippen LogP contribution in [0.3, 0.4) is 0 Å². The molecule has 1 atom stereocenters. The number of hydrogen-bond donors (Lipinski definition) is 2. The number of aromatic amines is 1. The fourth-order valence-corrected chi connectivity index (χ4v) is 7.15. The molecule has 0 spiro atoms. The van der Waals surface area contributed by atoms with E-state index in [2.05, 4.69) is 97.8 Å². The normalized spacial score (nSPS) is 12.4. The van der Waals surface area contributed by atoms with Crippen LogP contribution in [0.2, 0.25) is 0 Å². The molecule has 8 rings (SSSR count). The third-order valence-corrected chi connectivity index (χ3v) is 9.42. The van der Waals surface area contributed by atoms with Gasteiger partial charge in [-0.25, -0.2) is 9.97 Å². The summed E-state index contributed by atoms with van der Waals surface area (Å²) in [7, 11) is 3.99. The SMILES string of the molecule is CN(C)CC(NC(=O)c1nc2cc3c(-c4ccncc4)[nH]n(C(c4ccccc4)(c4ccccc4)c4ccccc4)c3cc2n1)c1ccccc1. The number of fused-ring (bicyclic) bond motifs is 2. The molecule has 0 radical (unpaired) electrons. The highest BCUT2D eigenvalue weighted by Crippen LogP contribution is 2.44. The largest absolute Gasteiger partial charge is 0.341 e. The van der Waals surface area contributed by atoms with Gasteiger partial charge < -0.3 is 10.2 Å². The summed E-state index contributed by atoms with van der Waals surface area (Å²) < 4.78 is 2.24. The Hall–Kier alpha value is -6.38. The van der Waals surface area contributed by atoms with Crippen LogP contribution in [0.5, 0.6) is 0 Å². The Morgan fingerprint density at radius 1 is 0.725 bits per heavy atom. The standard InChI is InChI=1S/C43H37N7O/c1-49(2)29-38(30-15-7-3-8-16-30)47-42(51)41-45-36-27-35-39(28-37(36)46-41)50(48-40(35)31-23-25-44-26-24-31)43(32-17-9-4-10-18-32,33-19-11-5-12-20-33)34-21-13-6-14-22-34/h3-28,38,48H,29H2,1-2H3,(H,47,51). The van der Waals surface area contributed by atoms with Gasteiger partial charge in [-0.2, -0.15) is 0 Å². The van der Waals surface area contributed by atoms with Crippen LogP contribution < -0.4 is 5.32 Å². The number of nitrogens with zero attached hydrogens (tertiary/aromatic N) is 5. The van der Waals surface area contributed by atoms with Crippen molar-refractivity contribution in [3.63, 3.8) is 0 Å². The molecule has 5 aromatic carbocycles. The molecule has 51 heavy (non-hydrogen) atoms. The maximum atomic E-state index is 13.8. The number of imidazole rings is 1. The van der Waals surface area contributed by atoms with E-state index in [1.54, 1.807) is 12.4 Å². The monoisotopic (exact) mass is 667 g/mol. The highest BCUT2D eigenvalue weighted by Gasteiger charge is 2.40. The maximum Gasteiger partial charge on any atom is 0.289 e. The van der Waals surface area contributed by atoms with Crippen molar-refractivity contribution in [1.82, 2.24) is 34.9 Å². The van der Waals surface area contributed by atoms with Crippen molar-refractivity contribution in [3.05, 3.63) is 186 Å². The molecule has 0 fully saturated rings. The van der Waals surface area contributed by atoms with E-state index in [-0.39, 0.29) is 17.8 Å². The van der Waals surface area contributed by atoms with Crippen LogP contribution in [0.25, 0.3) is 33.2 Å². The first-order valence-corrected chi connectivity index (χ1v) is 17.0. The molecular formula is C43H37N7O. The van der Waals surface area contributed by atoms with Crippen LogP contribution in [-0.2, 0) is 5.54 Å². The van der Waals surface area contributed by atoms with Crippen molar-refractivity contribution < 1.29 is 4.79 Å². The number of rotatable bonds is 10. The summed E-state index contributed by atoms with van der Waals surface area (Å²) in [4.78, 5) is 29.8. The number of benzene rings is 5. The first-order chi connectivity index (χ1) is 25.0. The lowest BCUT2D eigenvalue weighted by Gasteiger charge is -2.37. The Morgan fingerprint density at radius 2 is 1.24 bits per heavy atom. The molecule has 1 unspecified atom stereocenters. The number of aromatic nitrogens is 5. The van der Waals surface area contributed by atoms with Gasteiger partial charge in [-0.3, -0.25) is 19.6 Å². The van der Waals surface area contributed by atoms with Crippen LogP contribution >= 0.6 is 0 Å². The summed E-state index contributed by atoms with van der Waals surface area (Å²) in [6.45, 7) is 0.635. The van der Waals surface area contributed by atoms with Crippen LogP contribution in [0.1, 0.15) is 38.9 Å². The number of hydrogen-bond acceptors (Lipinski definition) is 5. The van der Waals surface area contributed by atoms with E-state index in [1.807, 2.05) is 86.9 Å². The smallest absolute Gasteiger partial charge is 0.289 e.